The van der Waals surface area contributed by atoms with Gasteiger partial charge in [0.05, 0.1) is 37.4 Å². The van der Waals surface area contributed by atoms with Gasteiger partial charge in [-0.25, -0.2) is 4.90 Å². The van der Waals surface area contributed by atoms with E-state index in [-0.39, 0.29) is 35.2 Å². The van der Waals surface area contributed by atoms with E-state index >= 15 is 0 Å². The second-order valence-electron chi connectivity index (χ2n) is 10.2. The van der Waals surface area contributed by atoms with Crippen molar-refractivity contribution in [2.24, 2.45) is 10.4 Å². The van der Waals surface area contributed by atoms with Gasteiger partial charge in [0.25, 0.3) is 5.91 Å². The highest BCUT2D eigenvalue weighted by molar-refractivity contribution is 6.22. The number of aliphatic hydroxyl groups is 1. The Morgan fingerprint density at radius 1 is 1.09 bits per heavy atom. The van der Waals surface area contributed by atoms with Crippen molar-refractivity contribution in [1.82, 2.24) is 9.80 Å². The Morgan fingerprint density at radius 2 is 1.77 bits per heavy atom. The molecule has 188 valence electrons. The third-order valence-corrected chi connectivity index (χ3v) is 6.96. The molecule has 2 fully saturated rings. The van der Waals surface area contributed by atoms with Crippen molar-refractivity contribution < 1.29 is 24.2 Å². The molecule has 2 heterocycles. The van der Waals surface area contributed by atoms with E-state index in [2.05, 4.69) is 14.8 Å². The smallest absolute Gasteiger partial charge is 0.251 e. The molecule has 0 bridgehead atoms. The van der Waals surface area contributed by atoms with Crippen LogP contribution in [0.1, 0.15) is 33.1 Å². The zero-order chi connectivity index (χ0) is 25.2. The van der Waals surface area contributed by atoms with Crippen LogP contribution in [0.3, 0.4) is 0 Å². The highest BCUT2D eigenvalue weighted by atomic mass is 16.5. The highest BCUT2D eigenvalue weighted by Gasteiger charge is 2.43. The quantitative estimate of drug-likeness (QED) is 0.470. The largest absolute Gasteiger partial charge is 0.511 e. The SMILES string of the molecule is COc1ccc(N2C(=O)C[C@@H](N3CCN(CCN=CC4=C(O)CC(C)(C)CC4=O)CC3)C2=O)cc1. The minimum atomic E-state index is -0.429. The monoisotopic (exact) mass is 482 g/mol. The van der Waals surface area contributed by atoms with Gasteiger partial charge in [0.1, 0.15) is 11.5 Å². The fourth-order valence-corrected chi connectivity index (χ4v) is 5.01. The van der Waals surface area contributed by atoms with E-state index in [1.54, 1.807) is 31.4 Å². The summed E-state index contributed by atoms with van der Waals surface area (Å²) in [6.45, 7) is 8.15. The normalized spacial score (nSPS) is 24.1. The summed E-state index contributed by atoms with van der Waals surface area (Å²) in [5, 5.41) is 10.2. The number of carbonyl (C=O) groups is 3. The number of nitrogens with zero attached hydrogens (tertiary/aromatic N) is 4. The second-order valence-corrected chi connectivity index (χ2v) is 10.2. The Morgan fingerprint density at radius 3 is 2.40 bits per heavy atom. The lowest BCUT2D eigenvalue weighted by Gasteiger charge is -2.36. The van der Waals surface area contributed by atoms with E-state index < -0.39 is 6.04 Å². The summed E-state index contributed by atoms with van der Waals surface area (Å²) in [7, 11) is 1.57. The molecule has 0 saturated carbocycles. The summed E-state index contributed by atoms with van der Waals surface area (Å²) in [6.07, 6.45) is 2.61. The number of aliphatic hydroxyl groups excluding tert-OH is 1. The molecule has 1 aromatic rings. The lowest BCUT2D eigenvalue weighted by Crippen LogP contribution is -2.52. The third-order valence-electron chi connectivity index (χ3n) is 6.96. The van der Waals surface area contributed by atoms with Gasteiger partial charge in [-0.2, -0.15) is 0 Å². The average Bonchev–Trinajstić information content (AvgIpc) is 3.11. The molecule has 9 heteroatoms. The van der Waals surface area contributed by atoms with Gasteiger partial charge in [-0.3, -0.25) is 29.2 Å². The van der Waals surface area contributed by atoms with Gasteiger partial charge in [-0.1, -0.05) is 13.8 Å². The van der Waals surface area contributed by atoms with Crippen LogP contribution in [0, 0.1) is 5.41 Å². The summed E-state index contributed by atoms with van der Waals surface area (Å²) in [5.74, 6) is 0.387. The topological polar surface area (TPSA) is 103 Å². The van der Waals surface area contributed by atoms with Crippen molar-refractivity contribution in [2.75, 3.05) is 51.3 Å². The van der Waals surface area contributed by atoms with Gasteiger partial charge in [0.15, 0.2) is 5.78 Å². The number of hydrogen-bond donors (Lipinski definition) is 1. The number of ketones is 1. The number of piperazine rings is 1. The number of benzene rings is 1. The number of carbonyl (C=O) groups excluding carboxylic acids is 3. The van der Waals surface area contributed by atoms with E-state index in [0.717, 1.165) is 19.6 Å². The average molecular weight is 483 g/mol. The third kappa shape index (κ3) is 5.62. The highest BCUT2D eigenvalue weighted by Crippen LogP contribution is 2.35. The molecule has 0 radical (unpaired) electrons. The molecule has 1 aromatic carbocycles. The van der Waals surface area contributed by atoms with Crippen LogP contribution in [0.25, 0.3) is 0 Å². The molecular formula is C26H34N4O5. The maximum absolute atomic E-state index is 13.1. The fourth-order valence-electron chi connectivity index (χ4n) is 5.01. The number of ether oxygens (including phenoxy) is 1. The summed E-state index contributed by atoms with van der Waals surface area (Å²) in [5.41, 5.74) is 0.691. The zero-order valence-corrected chi connectivity index (χ0v) is 20.7. The van der Waals surface area contributed by atoms with E-state index in [1.807, 2.05) is 13.8 Å². The molecule has 0 spiro atoms. The van der Waals surface area contributed by atoms with E-state index in [9.17, 15) is 19.5 Å². The Bertz CT molecular complexity index is 1040. The first-order chi connectivity index (χ1) is 16.7. The van der Waals surface area contributed by atoms with Crippen molar-refractivity contribution in [3.63, 3.8) is 0 Å². The first kappa shape index (κ1) is 25.1. The first-order valence-electron chi connectivity index (χ1n) is 12.1. The fraction of sp³-hybridized carbons (Fsp3) is 0.538. The van der Waals surface area contributed by atoms with Gasteiger partial charge < -0.3 is 9.84 Å². The maximum Gasteiger partial charge on any atom is 0.251 e. The predicted molar refractivity (Wildman–Crippen MR) is 133 cm³/mol. The zero-order valence-electron chi connectivity index (χ0n) is 20.7. The lowest BCUT2D eigenvalue weighted by atomic mass is 9.77. The molecule has 1 aliphatic carbocycles. The van der Waals surface area contributed by atoms with Crippen LogP contribution < -0.4 is 9.64 Å². The van der Waals surface area contributed by atoms with Crippen LogP contribution >= 0.6 is 0 Å². The maximum atomic E-state index is 13.1. The summed E-state index contributed by atoms with van der Waals surface area (Å²) in [6, 6.07) is 6.52. The standard InChI is InChI=1S/C26H34N4O5/c1-26(2)15-22(31)20(23(32)16-26)17-27-8-9-28-10-12-29(13-11-28)21-14-24(33)30(25(21)34)18-4-6-19(35-3)7-5-18/h4-7,17,21,31H,8-16H2,1-3H3/t21-/m1/s1. The Hall–Kier alpha value is -3.04. The van der Waals surface area contributed by atoms with Crippen molar-refractivity contribution in [2.45, 2.75) is 39.2 Å². The van der Waals surface area contributed by atoms with Crippen molar-refractivity contribution in [1.29, 1.82) is 0 Å². The number of methoxy groups -OCH3 is 1. The number of imide groups is 1. The van der Waals surface area contributed by atoms with E-state index in [0.29, 0.717) is 49.5 Å². The number of allylic oxidation sites excluding steroid dienone is 2. The molecule has 35 heavy (non-hydrogen) atoms. The Balaban J connectivity index is 1.26. The van der Waals surface area contributed by atoms with Crippen molar-refractivity contribution >= 4 is 29.5 Å². The van der Waals surface area contributed by atoms with E-state index in [1.165, 1.54) is 11.1 Å². The number of aliphatic imine (C=N–C) groups is 1. The minimum absolute atomic E-state index is 0.0597. The van der Waals surface area contributed by atoms with Crippen LogP contribution in [0.15, 0.2) is 40.6 Å². The molecule has 9 nitrogen and oxygen atoms in total. The molecule has 2 amide bonds. The lowest BCUT2D eigenvalue weighted by molar-refractivity contribution is -0.123. The van der Waals surface area contributed by atoms with Crippen LogP contribution in [0.4, 0.5) is 5.69 Å². The Kier molecular flexibility index (Phi) is 7.37. The van der Waals surface area contributed by atoms with Gasteiger partial charge >= 0.3 is 0 Å². The number of hydrogen-bond acceptors (Lipinski definition) is 8. The van der Waals surface area contributed by atoms with Crippen molar-refractivity contribution in [3.8, 4) is 5.75 Å². The van der Waals surface area contributed by atoms with Crippen LogP contribution in [-0.4, -0.2) is 91.1 Å². The van der Waals surface area contributed by atoms with E-state index in [4.69, 9.17) is 4.74 Å². The Labute approximate surface area is 206 Å². The molecule has 2 aliphatic heterocycles. The molecule has 3 aliphatic rings. The van der Waals surface area contributed by atoms with Crippen LogP contribution in [0.5, 0.6) is 5.75 Å². The van der Waals surface area contributed by atoms with Gasteiger partial charge in [0, 0.05) is 51.8 Å². The molecule has 0 aromatic heterocycles. The molecule has 1 N–H and O–H groups in total. The molecule has 0 unspecified atom stereocenters. The molecule has 4 rings (SSSR count). The predicted octanol–water partition coefficient (Wildman–Crippen LogP) is 2.22. The number of rotatable bonds is 7. The molecule has 2 saturated heterocycles. The van der Waals surface area contributed by atoms with Gasteiger partial charge in [-0.05, 0) is 29.7 Å². The first-order valence-corrected chi connectivity index (χ1v) is 12.1. The number of Topliss-reactive ketones (excluding diaryl/α,β-unsaturated/α-hetero) is 1. The minimum Gasteiger partial charge on any atom is -0.511 e. The summed E-state index contributed by atoms with van der Waals surface area (Å²) in [4.78, 5) is 48.0. The number of anilines is 1. The molecule has 1 atom stereocenters. The summed E-state index contributed by atoms with van der Waals surface area (Å²) >= 11 is 0. The van der Waals surface area contributed by atoms with Gasteiger partial charge in [-0.15, -0.1) is 0 Å². The van der Waals surface area contributed by atoms with Crippen molar-refractivity contribution in [3.05, 3.63) is 35.6 Å². The summed E-state index contributed by atoms with van der Waals surface area (Å²) < 4.78 is 5.16. The molecular weight excluding hydrogens is 448 g/mol. The van der Waals surface area contributed by atoms with Crippen LogP contribution in [-0.2, 0) is 14.4 Å². The van der Waals surface area contributed by atoms with Gasteiger partial charge in [0.2, 0.25) is 5.91 Å². The second kappa shape index (κ2) is 10.3. The van der Waals surface area contributed by atoms with Crippen LogP contribution in [0.2, 0.25) is 0 Å². The number of amides is 2.